The summed E-state index contributed by atoms with van der Waals surface area (Å²) in [5, 5.41) is 17.6. The summed E-state index contributed by atoms with van der Waals surface area (Å²) < 4.78 is 15.5. The topological polar surface area (TPSA) is 90.3 Å². The lowest BCUT2D eigenvalue weighted by Crippen LogP contribution is -2.39. The molecule has 1 aliphatic heterocycles. The molecule has 1 aliphatic carbocycles. The second-order valence-electron chi connectivity index (χ2n) is 7.60. The highest BCUT2D eigenvalue weighted by atomic mass is 79.9. The van der Waals surface area contributed by atoms with Gasteiger partial charge in [-0.1, -0.05) is 15.9 Å². The van der Waals surface area contributed by atoms with Gasteiger partial charge in [0.15, 0.2) is 5.78 Å². The molecule has 0 spiro atoms. The van der Waals surface area contributed by atoms with Gasteiger partial charge in [0.1, 0.15) is 11.6 Å². The highest BCUT2D eigenvalue weighted by Crippen LogP contribution is 2.48. The van der Waals surface area contributed by atoms with Gasteiger partial charge in [-0.3, -0.25) is 9.69 Å². The van der Waals surface area contributed by atoms with Gasteiger partial charge in [0.25, 0.3) is 0 Å². The third-order valence-corrected chi connectivity index (χ3v) is 6.93. The number of thiophene rings is 1. The predicted octanol–water partition coefficient (Wildman–Crippen LogP) is 5.57. The summed E-state index contributed by atoms with van der Waals surface area (Å²) in [6.07, 6.45) is 1.71. The summed E-state index contributed by atoms with van der Waals surface area (Å²) in [5.74, 6) is -0.772. The van der Waals surface area contributed by atoms with E-state index in [0.29, 0.717) is 40.6 Å². The Kier molecular flexibility index (Phi) is 7.55. The van der Waals surface area contributed by atoms with Crippen molar-refractivity contribution in [3.05, 3.63) is 72.5 Å². The lowest BCUT2D eigenvalue weighted by atomic mass is 9.75. The smallest absolute Gasteiger partial charge is 0.161 e. The van der Waals surface area contributed by atoms with Crippen LogP contribution in [0.2, 0.25) is 0 Å². The second-order valence-corrected chi connectivity index (χ2v) is 9.97. The van der Waals surface area contributed by atoms with Crippen LogP contribution in [0.5, 0.6) is 0 Å². The number of carbonyl (C=O) groups is 1. The molecule has 2 heterocycles. The van der Waals surface area contributed by atoms with Gasteiger partial charge in [0.2, 0.25) is 0 Å². The molecular formula is C24H25BrFN3O2S. The molecule has 4 rings (SSSR count). The van der Waals surface area contributed by atoms with Crippen molar-refractivity contribution < 1.29 is 14.3 Å². The van der Waals surface area contributed by atoms with E-state index < -0.39 is 11.7 Å². The van der Waals surface area contributed by atoms with Crippen LogP contribution < -0.4 is 10.6 Å². The van der Waals surface area contributed by atoms with Gasteiger partial charge in [-0.15, -0.1) is 11.3 Å². The minimum Gasteiger partial charge on any atom is -0.397 e. The Morgan fingerprint density at radius 2 is 2.03 bits per heavy atom. The number of nitriles is 1. The number of anilines is 1. The molecule has 0 radical (unpaired) electrons. The van der Waals surface area contributed by atoms with Crippen molar-refractivity contribution in [1.29, 1.82) is 5.26 Å². The maximum Gasteiger partial charge on any atom is 0.161 e. The zero-order valence-electron chi connectivity index (χ0n) is 18.2. The average molecular weight is 518 g/mol. The van der Waals surface area contributed by atoms with Crippen LogP contribution in [0.1, 0.15) is 47.4 Å². The van der Waals surface area contributed by atoms with Gasteiger partial charge < -0.3 is 10.8 Å². The maximum absolute atomic E-state index is 14.8. The number of rotatable bonds is 2. The zero-order chi connectivity index (χ0) is 23.6. The summed E-state index contributed by atoms with van der Waals surface area (Å²) in [7, 11) is 0. The van der Waals surface area contributed by atoms with E-state index in [1.807, 2.05) is 19.9 Å². The van der Waals surface area contributed by atoms with E-state index in [4.69, 9.17) is 10.8 Å². The molecule has 0 amide bonds. The molecule has 5 nitrogen and oxygen atoms in total. The number of aryl methyl sites for hydroxylation is 2. The second kappa shape index (κ2) is 9.99. The van der Waals surface area contributed by atoms with E-state index in [1.54, 1.807) is 35.3 Å². The Morgan fingerprint density at radius 1 is 1.34 bits per heavy atom. The highest BCUT2D eigenvalue weighted by molar-refractivity contribution is 9.10. The molecule has 2 aromatic rings. The minimum absolute atomic E-state index is 0.00210. The Hall–Kier alpha value is -2.47. The molecule has 0 saturated carbocycles. The van der Waals surface area contributed by atoms with Crippen LogP contribution in [-0.4, -0.2) is 17.5 Å². The molecule has 0 fully saturated rings. The number of aliphatic hydroxyl groups is 1. The van der Waals surface area contributed by atoms with Crippen LogP contribution in [0.15, 0.2) is 51.4 Å². The molecule has 1 unspecified atom stereocenters. The van der Waals surface area contributed by atoms with Gasteiger partial charge in [0.05, 0.1) is 23.2 Å². The van der Waals surface area contributed by atoms with Crippen LogP contribution in [0, 0.1) is 31.0 Å². The van der Waals surface area contributed by atoms with Crippen molar-refractivity contribution in [2.24, 2.45) is 5.73 Å². The van der Waals surface area contributed by atoms with E-state index in [-0.39, 0.29) is 23.9 Å². The van der Waals surface area contributed by atoms with Crippen LogP contribution in [0.3, 0.4) is 0 Å². The minimum atomic E-state index is -0.498. The number of carbonyl (C=O) groups excluding carboxylic acids is 1. The molecule has 1 aromatic carbocycles. The Labute approximate surface area is 199 Å². The predicted molar refractivity (Wildman–Crippen MR) is 129 cm³/mol. The number of nitrogens with two attached hydrogens (primary N) is 1. The molecule has 32 heavy (non-hydrogen) atoms. The average Bonchev–Trinajstić information content (AvgIpc) is 3.06. The fourth-order valence-corrected chi connectivity index (χ4v) is 5.57. The number of allylic oxidation sites excluding steroid dienone is 3. The zero-order valence-corrected chi connectivity index (χ0v) is 20.6. The fourth-order valence-electron chi connectivity index (χ4n) is 4.27. The summed E-state index contributed by atoms with van der Waals surface area (Å²) in [4.78, 5) is 16.8. The van der Waals surface area contributed by atoms with Crippen LogP contribution in [-0.2, 0) is 4.79 Å². The lowest BCUT2D eigenvalue weighted by Gasteiger charge is -2.39. The SMILES string of the molecule is CCO.Cc1cc(C2C(C#N)=C(N)N(c3ccc(Br)cc3F)C3=C2C(=O)CCC3)c(C)s1. The number of benzene rings is 1. The monoisotopic (exact) mass is 517 g/mol. The van der Waals surface area contributed by atoms with E-state index in [9.17, 15) is 14.4 Å². The molecule has 3 N–H and O–H groups in total. The number of aliphatic hydroxyl groups excluding tert-OH is 1. The maximum atomic E-state index is 14.8. The number of Topliss-reactive ketones (excluding diaryl/α,β-unsaturated/α-hetero) is 1. The van der Waals surface area contributed by atoms with Crippen molar-refractivity contribution in [2.75, 3.05) is 11.5 Å². The molecule has 1 aromatic heterocycles. The summed E-state index contributed by atoms with van der Waals surface area (Å²) in [5.41, 5.74) is 9.22. The normalized spacial score (nSPS) is 18.2. The van der Waals surface area contributed by atoms with Gasteiger partial charge in [0, 0.05) is 38.5 Å². The molecule has 0 saturated heterocycles. The van der Waals surface area contributed by atoms with Gasteiger partial charge in [-0.25, -0.2) is 4.39 Å². The van der Waals surface area contributed by atoms with E-state index in [0.717, 1.165) is 15.3 Å². The Morgan fingerprint density at radius 3 is 2.59 bits per heavy atom. The third-order valence-electron chi connectivity index (χ3n) is 5.45. The molecule has 168 valence electrons. The summed E-state index contributed by atoms with van der Waals surface area (Å²) >= 11 is 4.90. The molecule has 8 heteroatoms. The third kappa shape index (κ3) is 4.38. The van der Waals surface area contributed by atoms with Crippen molar-refractivity contribution in [2.45, 2.75) is 46.0 Å². The Balaban J connectivity index is 0.000000913. The Bertz CT molecular complexity index is 1160. The molecule has 0 bridgehead atoms. The van der Waals surface area contributed by atoms with E-state index in [1.165, 1.54) is 6.07 Å². The first kappa shape index (κ1) is 24.2. The van der Waals surface area contributed by atoms with Crippen LogP contribution in [0.4, 0.5) is 10.1 Å². The van der Waals surface area contributed by atoms with Crippen molar-refractivity contribution >= 4 is 38.7 Å². The summed E-state index contributed by atoms with van der Waals surface area (Å²) in [6.45, 7) is 5.93. The van der Waals surface area contributed by atoms with Crippen molar-refractivity contribution in [1.82, 2.24) is 0 Å². The first-order valence-electron chi connectivity index (χ1n) is 10.3. The van der Waals surface area contributed by atoms with Gasteiger partial charge in [-0.05, 0) is 63.4 Å². The number of nitrogens with zero attached hydrogens (tertiary/aromatic N) is 2. The van der Waals surface area contributed by atoms with E-state index >= 15 is 0 Å². The van der Waals surface area contributed by atoms with Gasteiger partial charge in [-0.2, -0.15) is 5.26 Å². The standard InChI is InChI=1S/C22H19BrFN3OS.C2H6O/c1-11-8-14(12(2)29-11)20-15(10-25)22(26)27(17-7-6-13(23)9-16(17)24)18-4-3-5-19(28)21(18)20;1-2-3/h6-9,20H,3-5,26H2,1-2H3;3H,2H2,1H3. The molecule has 1 atom stereocenters. The number of halogens is 2. The molecule has 2 aliphatic rings. The largest absolute Gasteiger partial charge is 0.397 e. The van der Waals surface area contributed by atoms with Crippen molar-refractivity contribution in [3.63, 3.8) is 0 Å². The van der Waals surface area contributed by atoms with Crippen LogP contribution in [0.25, 0.3) is 0 Å². The van der Waals surface area contributed by atoms with E-state index in [2.05, 4.69) is 22.0 Å². The quantitative estimate of drug-likeness (QED) is 0.543. The lowest BCUT2D eigenvalue weighted by molar-refractivity contribution is -0.116. The van der Waals surface area contributed by atoms with Crippen LogP contribution >= 0.6 is 27.3 Å². The summed E-state index contributed by atoms with van der Waals surface area (Å²) in [6, 6.07) is 8.95. The number of hydrogen-bond acceptors (Lipinski definition) is 6. The first-order chi connectivity index (χ1) is 15.2. The van der Waals surface area contributed by atoms with Gasteiger partial charge >= 0.3 is 0 Å². The van der Waals surface area contributed by atoms with Crippen molar-refractivity contribution in [3.8, 4) is 6.07 Å². The fraction of sp³-hybridized carbons (Fsp3) is 0.333. The highest BCUT2D eigenvalue weighted by Gasteiger charge is 2.41. The number of hydrogen-bond donors (Lipinski definition) is 2. The molecular weight excluding hydrogens is 493 g/mol. The first-order valence-corrected chi connectivity index (χ1v) is 11.9. The number of ketones is 1.